The minimum absolute atomic E-state index is 0.0240. The summed E-state index contributed by atoms with van der Waals surface area (Å²) in [5.41, 5.74) is 0. The molecule has 0 saturated carbocycles. The van der Waals surface area contributed by atoms with Crippen LogP contribution in [0, 0.1) is 11.8 Å². The van der Waals surface area contributed by atoms with Gasteiger partial charge >= 0.3 is 23.9 Å². The lowest BCUT2D eigenvalue weighted by Crippen LogP contribution is -2.37. The first-order valence-electron chi connectivity index (χ1n) is 46.7. The Labute approximate surface area is 656 Å². The van der Waals surface area contributed by atoms with Gasteiger partial charge in [0.25, 0.3) is 0 Å². The van der Waals surface area contributed by atoms with Gasteiger partial charge in [-0.05, 0) is 129 Å². The van der Waals surface area contributed by atoms with Gasteiger partial charge in [0.1, 0.15) is 0 Å². The number of hydrogen-bond donors (Lipinski definition) is 2. The third kappa shape index (κ3) is 74.8. The van der Waals surface area contributed by atoms with Crippen LogP contribution in [0.5, 0.6) is 0 Å². The predicted molar refractivity (Wildman–Crippen MR) is 448 cm³/mol. The van der Waals surface area contributed by atoms with E-state index in [1.807, 2.05) is 0 Å². The molecule has 14 nitrogen and oxygen atoms in total. The van der Waals surface area contributed by atoms with Crippen molar-refractivity contribution >= 4 is 35.7 Å². The Balaban J connectivity index is 5.36. The lowest BCUT2D eigenvalue weighted by Gasteiger charge is -2.23. The molecule has 0 bridgehead atoms. The number of nitrogens with zero attached hydrogens (tertiary/aromatic N) is 2. The van der Waals surface area contributed by atoms with Crippen LogP contribution in [-0.2, 0) is 47.7 Å². The molecule has 0 radical (unpaired) electrons. The summed E-state index contributed by atoms with van der Waals surface area (Å²) in [6.45, 7) is 21.7. The van der Waals surface area contributed by atoms with Gasteiger partial charge in [-0.3, -0.25) is 28.8 Å². The van der Waals surface area contributed by atoms with Gasteiger partial charge in [0.15, 0.2) is 0 Å². The molecule has 2 amide bonds. The van der Waals surface area contributed by atoms with Crippen LogP contribution in [0.2, 0.25) is 0 Å². The summed E-state index contributed by atoms with van der Waals surface area (Å²) in [6.07, 6.45) is 72.9. The molecule has 14 heteroatoms. The molecule has 0 aromatic heterocycles. The number of hydrogen-bond acceptors (Lipinski definition) is 12. The Morgan fingerprint density at radius 3 is 0.698 bits per heavy atom. The number of carbonyl (C=O) groups excluding carboxylic acids is 6. The van der Waals surface area contributed by atoms with E-state index in [9.17, 15) is 28.8 Å². The van der Waals surface area contributed by atoms with Crippen molar-refractivity contribution < 1.29 is 47.7 Å². The molecule has 0 fully saturated rings. The summed E-state index contributed by atoms with van der Waals surface area (Å²) < 4.78 is 23.1. The summed E-state index contributed by atoms with van der Waals surface area (Å²) >= 11 is 0. The molecule has 0 unspecified atom stereocenters. The molecule has 0 saturated heterocycles. The minimum Gasteiger partial charge on any atom is -0.466 e. The summed E-state index contributed by atoms with van der Waals surface area (Å²) in [5.74, 6) is -0.245. The van der Waals surface area contributed by atoms with Crippen molar-refractivity contribution in [3.63, 3.8) is 0 Å². The van der Waals surface area contributed by atoms with Gasteiger partial charge in [-0.1, -0.05) is 337 Å². The molecule has 2 N–H and O–H groups in total. The van der Waals surface area contributed by atoms with Crippen molar-refractivity contribution in [1.29, 1.82) is 0 Å². The molecule has 0 aliphatic carbocycles. The average molecular weight is 1500 g/mol. The van der Waals surface area contributed by atoms with E-state index in [-0.39, 0.29) is 60.4 Å². The molecule has 106 heavy (non-hydrogen) atoms. The number of unbranched alkanes of at least 4 members (excludes halogenated alkanes) is 48. The van der Waals surface area contributed by atoms with Crippen molar-refractivity contribution in [2.75, 3.05) is 78.8 Å². The summed E-state index contributed by atoms with van der Waals surface area (Å²) in [5, 5.41) is 6.23. The van der Waals surface area contributed by atoms with Gasteiger partial charge in [0.2, 0.25) is 11.8 Å². The van der Waals surface area contributed by atoms with Gasteiger partial charge in [-0.15, -0.1) is 0 Å². The normalized spacial score (nSPS) is 11.6. The van der Waals surface area contributed by atoms with Crippen molar-refractivity contribution in [3.8, 4) is 0 Å². The first kappa shape index (κ1) is 103. The predicted octanol–water partition coefficient (Wildman–Crippen LogP) is 25.1. The molecule has 0 heterocycles. The van der Waals surface area contributed by atoms with E-state index in [1.165, 1.54) is 218 Å². The number of nitrogens with one attached hydrogen (secondary N) is 2. The second-order valence-electron chi connectivity index (χ2n) is 32.1. The highest BCUT2D eigenvalue weighted by Gasteiger charge is 2.22. The quantitative estimate of drug-likeness (QED) is 0.0336. The minimum atomic E-state index is -0.110. The maximum Gasteiger partial charge on any atom is 0.308 e. The Hall–Kier alpha value is -3.26. The van der Waals surface area contributed by atoms with Gasteiger partial charge < -0.3 is 39.4 Å². The van der Waals surface area contributed by atoms with Crippen LogP contribution in [0.25, 0.3) is 0 Å². The second-order valence-corrected chi connectivity index (χ2v) is 32.1. The first-order valence-corrected chi connectivity index (χ1v) is 46.7. The molecule has 0 atom stereocenters. The number of rotatable bonds is 87. The molecule has 0 aromatic rings. The van der Waals surface area contributed by atoms with Crippen LogP contribution >= 0.6 is 0 Å². The third-order valence-corrected chi connectivity index (χ3v) is 21.8. The summed E-state index contributed by atoms with van der Waals surface area (Å²) in [6, 6.07) is 0. The first-order chi connectivity index (χ1) is 52.0. The molecule has 626 valence electrons. The molecule has 0 aliphatic rings. The van der Waals surface area contributed by atoms with Crippen molar-refractivity contribution in [3.05, 3.63) is 0 Å². The highest BCUT2D eigenvalue weighted by atomic mass is 16.5. The fraction of sp³-hybridized carbons (Fsp3) is 0.935. The van der Waals surface area contributed by atoms with E-state index in [4.69, 9.17) is 18.9 Å². The topological polar surface area (TPSA) is 170 Å². The fourth-order valence-electron chi connectivity index (χ4n) is 14.6. The molecular formula is C92H178N4O10. The van der Waals surface area contributed by atoms with E-state index in [0.717, 1.165) is 219 Å². The van der Waals surface area contributed by atoms with Gasteiger partial charge in [-0.25, -0.2) is 0 Å². The van der Waals surface area contributed by atoms with Crippen molar-refractivity contribution in [2.24, 2.45) is 11.8 Å². The zero-order valence-electron chi connectivity index (χ0n) is 71.3. The van der Waals surface area contributed by atoms with E-state index in [0.29, 0.717) is 52.4 Å². The van der Waals surface area contributed by atoms with Crippen molar-refractivity contribution in [1.82, 2.24) is 20.4 Å². The van der Waals surface area contributed by atoms with Gasteiger partial charge in [0, 0.05) is 51.9 Å². The second kappa shape index (κ2) is 84.2. The monoisotopic (exact) mass is 1500 g/mol. The Morgan fingerprint density at radius 2 is 0.434 bits per heavy atom. The number of carbonyl (C=O) groups is 6. The fourth-order valence-corrected chi connectivity index (χ4v) is 14.6. The summed E-state index contributed by atoms with van der Waals surface area (Å²) in [4.78, 5) is 83.0. The van der Waals surface area contributed by atoms with Gasteiger partial charge in [0.05, 0.1) is 38.3 Å². The van der Waals surface area contributed by atoms with Crippen molar-refractivity contribution in [2.45, 2.75) is 465 Å². The molecule has 0 spiro atoms. The van der Waals surface area contributed by atoms with Crippen LogP contribution in [-0.4, -0.2) is 124 Å². The van der Waals surface area contributed by atoms with E-state index < -0.39 is 0 Å². The van der Waals surface area contributed by atoms with Crippen LogP contribution in [0.1, 0.15) is 465 Å². The Bertz CT molecular complexity index is 1740. The standard InChI is InChI=1S/C92H178N4O10/c1-7-13-19-25-31-33-35-43-55-69-89(99)103-81-63-49-59-77-95(75-57-45-37-47-61-83-105-91(101)85(65-51-39-27-21-15-9-3)66-52-40-28-22-16-10-4)79-73-93-87(97)71-72-88(98)94-74-80-96(78-60-50-64-82-104-90(100)70-56-44-36-34-32-26-20-14-8-2)76-58-46-38-48-62-84-106-92(102)86(67-53-41-29-23-17-11-5)68-54-42-30-24-18-12-6/h85-86H,7-84H2,1-6H3,(H,93,97)(H,94,98). The maximum absolute atomic E-state index is 13.3. The Morgan fingerprint density at radius 1 is 0.226 bits per heavy atom. The van der Waals surface area contributed by atoms with Gasteiger partial charge in [-0.2, -0.15) is 0 Å². The number of esters is 4. The molecule has 0 aliphatic heterocycles. The van der Waals surface area contributed by atoms with Crippen LogP contribution in [0.3, 0.4) is 0 Å². The zero-order valence-corrected chi connectivity index (χ0v) is 71.3. The zero-order chi connectivity index (χ0) is 77.2. The highest BCUT2D eigenvalue weighted by molar-refractivity contribution is 5.83. The smallest absolute Gasteiger partial charge is 0.308 e. The number of ether oxygens (including phenoxy) is 4. The lowest BCUT2D eigenvalue weighted by molar-refractivity contribution is -0.150. The highest BCUT2D eigenvalue weighted by Crippen LogP contribution is 2.24. The maximum atomic E-state index is 13.3. The van der Waals surface area contributed by atoms with E-state index >= 15 is 0 Å². The molecular weight excluding hydrogens is 1320 g/mol. The van der Waals surface area contributed by atoms with Crippen LogP contribution in [0.15, 0.2) is 0 Å². The SMILES string of the molecule is CCCCCCCCCCCC(=O)OCCCCCN(CCCCCCCOC(=O)C(CCCCCCCC)CCCCCCCC)CCNC(=O)CCC(=O)NCCN(CCCCCCCOC(=O)C(CCCCCCCC)CCCCCCCC)CCCCCOC(=O)CCCCCCCCCCC. The Kier molecular flexibility index (Phi) is 81.6. The molecule has 0 rings (SSSR count). The largest absolute Gasteiger partial charge is 0.466 e. The van der Waals surface area contributed by atoms with E-state index in [1.54, 1.807) is 0 Å². The summed E-state index contributed by atoms with van der Waals surface area (Å²) in [7, 11) is 0. The lowest BCUT2D eigenvalue weighted by atomic mass is 9.94. The van der Waals surface area contributed by atoms with Crippen LogP contribution in [0.4, 0.5) is 0 Å². The average Bonchev–Trinajstić information content (AvgIpc) is 0.989. The van der Waals surface area contributed by atoms with Crippen LogP contribution < -0.4 is 10.6 Å². The third-order valence-electron chi connectivity index (χ3n) is 21.8. The molecule has 0 aromatic carbocycles. The van der Waals surface area contributed by atoms with E-state index in [2.05, 4.69) is 62.0 Å². The number of amides is 2.